The molecule has 20 heavy (non-hydrogen) atoms. The maximum atomic E-state index is 11.7. The number of nitrogen functional groups attached to an aromatic ring is 1. The van der Waals surface area contributed by atoms with E-state index in [2.05, 4.69) is 11.9 Å². The molecule has 0 saturated carbocycles. The van der Waals surface area contributed by atoms with Gasteiger partial charge in [0, 0.05) is 6.20 Å². The first kappa shape index (κ1) is 16.5. The highest BCUT2D eigenvalue weighted by atomic mass is 16.5. The van der Waals surface area contributed by atoms with Crippen LogP contribution in [0.3, 0.4) is 0 Å². The Morgan fingerprint density at radius 3 is 2.45 bits per heavy atom. The van der Waals surface area contributed by atoms with Crippen molar-refractivity contribution in [3.05, 3.63) is 24.0 Å². The zero-order valence-corrected chi connectivity index (χ0v) is 12.4. The molecule has 2 N–H and O–H groups in total. The Balaban J connectivity index is 2.04. The Labute approximate surface area is 121 Å². The van der Waals surface area contributed by atoms with Crippen LogP contribution in [0.25, 0.3) is 0 Å². The first-order valence-electron chi connectivity index (χ1n) is 7.63. The molecule has 1 heterocycles. The van der Waals surface area contributed by atoms with Crippen LogP contribution in [-0.4, -0.2) is 17.6 Å². The topological polar surface area (TPSA) is 65.2 Å². The summed E-state index contributed by atoms with van der Waals surface area (Å²) in [6.07, 6.45) is 11.3. The van der Waals surface area contributed by atoms with Crippen molar-refractivity contribution in [3.8, 4) is 0 Å². The highest BCUT2D eigenvalue weighted by molar-refractivity contribution is 5.92. The van der Waals surface area contributed by atoms with Crippen LogP contribution >= 0.6 is 0 Å². The van der Waals surface area contributed by atoms with E-state index in [0.29, 0.717) is 12.3 Å². The number of ether oxygens (including phenoxy) is 1. The number of aromatic nitrogens is 1. The van der Waals surface area contributed by atoms with Crippen molar-refractivity contribution in [1.29, 1.82) is 0 Å². The molecule has 0 radical (unpaired) electrons. The normalized spacial score (nSPS) is 10.4. The van der Waals surface area contributed by atoms with Gasteiger partial charge < -0.3 is 10.5 Å². The smallest absolute Gasteiger partial charge is 0.359 e. The summed E-state index contributed by atoms with van der Waals surface area (Å²) in [5.74, 6) is -0.425. The van der Waals surface area contributed by atoms with Crippen LogP contribution in [0.4, 0.5) is 5.69 Å². The average molecular weight is 278 g/mol. The molecule has 0 fully saturated rings. The molecule has 0 atom stereocenters. The van der Waals surface area contributed by atoms with Crippen LogP contribution in [0.1, 0.15) is 68.8 Å². The molecule has 0 unspecified atom stereocenters. The molecule has 4 heteroatoms. The van der Waals surface area contributed by atoms with E-state index >= 15 is 0 Å². The summed E-state index contributed by atoms with van der Waals surface area (Å²) in [5, 5.41) is 0. The van der Waals surface area contributed by atoms with E-state index in [1.54, 1.807) is 18.3 Å². The Bertz CT molecular complexity index is 394. The summed E-state index contributed by atoms with van der Waals surface area (Å²) < 4.78 is 5.17. The molecule has 0 saturated heterocycles. The second kappa shape index (κ2) is 10.2. The van der Waals surface area contributed by atoms with Gasteiger partial charge in [-0.2, -0.15) is 0 Å². The Morgan fingerprint density at radius 2 is 1.80 bits per heavy atom. The molecule has 0 aliphatic rings. The molecule has 4 nitrogen and oxygen atoms in total. The summed E-state index contributed by atoms with van der Waals surface area (Å²) in [4.78, 5) is 15.6. The second-order valence-electron chi connectivity index (χ2n) is 5.05. The quantitative estimate of drug-likeness (QED) is 0.519. The lowest BCUT2D eigenvalue weighted by Gasteiger charge is -2.06. The minimum Gasteiger partial charge on any atom is -0.461 e. The van der Waals surface area contributed by atoms with Crippen LogP contribution in [0.2, 0.25) is 0 Å². The van der Waals surface area contributed by atoms with Gasteiger partial charge in [0.05, 0.1) is 12.3 Å². The van der Waals surface area contributed by atoms with Gasteiger partial charge in [-0.3, -0.25) is 0 Å². The van der Waals surface area contributed by atoms with Crippen molar-refractivity contribution >= 4 is 11.7 Å². The van der Waals surface area contributed by atoms with E-state index in [0.717, 1.165) is 12.8 Å². The number of anilines is 1. The Morgan fingerprint density at radius 1 is 1.15 bits per heavy atom. The van der Waals surface area contributed by atoms with Crippen LogP contribution in [0, 0.1) is 0 Å². The number of nitrogens with two attached hydrogens (primary N) is 1. The Kier molecular flexibility index (Phi) is 8.43. The fraction of sp³-hybridized carbons (Fsp3) is 0.625. The molecule has 0 aromatic carbocycles. The largest absolute Gasteiger partial charge is 0.461 e. The molecule has 1 rings (SSSR count). The summed E-state index contributed by atoms with van der Waals surface area (Å²) in [5.41, 5.74) is 6.25. The molecule has 0 aliphatic carbocycles. The molecule has 1 aromatic rings. The van der Waals surface area contributed by atoms with E-state index in [1.165, 1.54) is 38.5 Å². The zero-order chi connectivity index (χ0) is 14.6. The zero-order valence-electron chi connectivity index (χ0n) is 12.4. The predicted molar refractivity (Wildman–Crippen MR) is 81.5 cm³/mol. The van der Waals surface area contributed by atoms with Crippen LogP contribution in [0.5, 0.6) is 0 Å². The van der Waals surface area contributed by atoms with Crippen molar-refractivity contribution < 1.29 is 9.53 Å². The third-order valence-corrected chi connectivity index (χ3v) is 3.26. The van der Waals surface area contributed by atoms with E-state index in [-0.39, 0.29) is 5.69 Å². The van der Waals surface area contributed by atoms with Crippen molar-refractivity contribution in [1.82, 2.24) is 4.98 Å². The second-order valence-corrected chi connectivity index (χ2v) is 5.05. The van der Waals surface area contributed by atoms with Gasteiger partial charge in [-0.25, -0.2) is 9.78 Å². The van der Waals surface area contributed by atoms with E-state index in [1.807, 2.05) is 0 Å². The summed E-state index contributed by atoms with van der Waals surface area (Å²) in [6, 6.07) is 3.35. The van der Waals surface area contributed by atoms with Crippen molar-refractivity contribution in [2.75, 3.05) is 12.3 Å². The fourth-order valence-electron chi connectivity index (χ4n) is 2.06. The monoisotopic (exact) mass is 278 g/mol. The summed E-state index contributed by atoms with van der Waals surface area (Å²) >= 11 is 0. The van der Waals surface area contributed by atoms with Crippen LogP contribution in [-0.2, 0) is 4.74 Å². The summed E-state index contributed by atoms with van der Waals surface area (Å²) in [6.45, 7) is 2.67. The van der Waals surface area contributed by atoms with Gasteiger partial charge in [-0.15, -0.1) is 0 Å². The number of esters is 1. The molecule has 1 aromatic heterocycles. The van der Waals surface area contributed by atoms with Crippen molar-refractivity contribution in [2.45, 2.75) is 58.3 Å². The molecule has 0 aliphatic heterocycles. The molecule has 0 spiro atoms. The van der Waals surface area contributed by atoms with Crippen molar-refractivity contribution in [3.63, 3.8) is 0 Å². The SMILES string of the molecule is CCCCCCCCCCOC(=O)c1ncccc1N. The number of unbranched alkanes of at least 4 members (excludes halogenated alkanes) is 7. The van der Waals surface area contributed by atoms with Crippen molar-refractivity contribution in [2.24, 2.45) is 0 Å². The molecular weight excluding hydrogens is 252 g/mol. The number of pyridine rings is 1. The highest BCUT2D eigenvalue weighted by Gasteiger charge is 2.11. The first-order chi connectivity index (χ1) is 9.75. The first-order valence-corrected chi connectivity index (χ1v) is 7.63. The standard InChI is InChI=1S/C16H26N2O2/c1-2-3-4-5-6-7-8-9-13-20-16(19)15-14(17)11-10-12-18-15/h10-12H,2-9,13,17H2,1H3. The van der Waals surface area contributed by atoms with Gasteiger partial charge >= 0.3 is 5.97 Å². The third-order valence-electron chi connectivity index (χ3n) is 3.26. The fourth-order valence-corrected chi connectivity index (χ4v) is 2.06. The van der Waals surface area contributed by atoms with Gasteiger partial charge in [-0.05, 0) is 18.6 Å². The number of hydrogen-bond donors (Lipinski definition) is 1. The van der Waals surface area contributed by atoms with E-state index in [4.69, 9.17) is 10.5 Å². The lowest BCUT2D eigenvalue weighted by Crippen LogP contribution is -2.11. The lowest BCUT2D eigenvalue weighted by molar-refractivity contribution is 0.0492. The lowest BCUT2D eigenvalue weighted by atomic mass is 10.1. The Hall–Kier alpha value is -1.58. The van der Waals surface area contributed by atoms with Crippen LogP contribution < -0.4 is 5.73 Å². The minimum atomic E-state index is -0.425. The van der Waals surface area contributed by atoms with Gasteiger partial charge in [-0.1, -0.05) is 51.9 Å². The minimum absolute atomic E-state index is 0.215. The third kappa shape index (κ3) is 6.55. The highest BCUT2D eigenvalue weighted by Crippen LogP contribution is 2.10. The molecule has 0 bridgehead atoms. The van der Waals surface area contributed by atoms with Gasteiger partial charge in [0.25, 0.3) is 0 Å². The van der Waals surface area contributed by atoms with E-state index in [9.17, 15) is 4.79 Å². The maximum absolute atomic E-state index is 11.7. The van der Waals surface area contributed by atoms with Gasteiger partial charge in [0.2, 0.25) is 0 Å². The molecule has 112 valence electrons. The van der Waals surface area contributed by atoms with Crippen LogP contribution in [0.15, 0.2) is 18.3 Å². The molecular formula is C16H26N2O2. The predicted octanol–water partition coefficient (Wildman–Crippen LogP) is 3.96. The number of hydrogen-bond acceptors (Lipinski definition) is 4. The maximum Gasteiger partial charge on any atom is 0.359 e. The molecule has 0 amide bonds. The number of carbonyl (C=O) groups excluding carboxylic acids is 1. The number of nitrogens with zero attached hydrogens (tertiary/aromatic N) is 1. The van der Waals surface area contributed by atoms with Gasteiger partial charge in [0.15, 0.2) is 5.69 Å². The summed E-state index contributed by atoms with van der Waals surface area (Å²) in [7, 11) is 0. The van der Waals surface area contributed by atoms with E-state index < -0.39 is 5.97 Å². The average Bonchev–Trinajstić information content (AvgIpc) is 2.46. The van der Waals surface area contributed by atoms with Gasteiger partial charge in [0.1, 0.15) is 0 Å². The number of carbonyl (C=O) groups is 1. The number of rotatable bonds is 10.